The number of benzene rings is 3. The van der Waals surface area contributed by atoms with Crippen molar-refractivity contribution in [2.24, 2.45) is 0 Å². The topological polar surface area (TPSA) is 23.6 Å². The summed E-state index contributed by atoms with van der Waals surface area (Å²) >= 11 is 0. The van der Waals surface area contributed by atoms with Crippen molar-refractivity contribution in [2.45, 2.75) is 19.0 Å². The normalized spacial score (nSPS) is 17.1. The smallest absolute Gasteiger partial charge is 0.253 e. The van der Waals surface area contributed by atoms with Gasteiger partial charge in [0.05, 0.1) is 0 Å². The second kappa shape index (κ2) is 7.25. The van der Waals surface area contributed by atoms with Gasteiger partial charge in [-0.25, -0.2) is 0 Å². The van der Waals surface area contributed by atoms with Gasteiger partial charge in [0.25, 0.3) is 5.91 Å². The van der Waals surface area contributed by atoms with Crippen LogP contribution in [0.25, 0.3) is 11.1 Å². The first-order valence-corrected chi connectivity index (χ1v) is 10.0. The summed E-state index contributed by atoms with van der Waals surface area (Å²) in [5.41, 5.74) is 6.02. The van der Waals surface area contributed by atoms with Gasteiger partial charge >= 0.3 is 0 Å². The zero-order valence-corrected chi connectivity index (χ0v) is 15.9. The average Bonchev–Trinajstić information content (AvgIpc) is 2.73. The Kier molecular flexibility index (Phi) is 4.46. The van der Waals surface area contributed by atoms with Crippen LogP contribution in [-0.2, 0) is 13.0 Å². The van der Waals surface area contributed by atoms with Crippen LogP contribution in [0.5, 0.6) is 0 Å². The molecule has 2 aliphatic rings. The van der Waals surface area contributed by atoms with Crippen molar-refractivity contribution in [1.29, 1.82) is 0 Å². The molecule has 3 nitrogen and oxygen atoms in total. The van der Waals surface area contributed by atoms with Gasteiger partial charge in [0.15, 0.2) is 0 Å². The lowest BCUT2D eigenvalue weighted by Crippen LogP contribution is -2.61. The Morgan fingerprint density at radius 1 is 0.750 bits per heavy atom. The van der Waals surface area contributed by atoms with Crippen molar-refractivity contribution in [3.05, 3.63) is 95.6 Å². The number of fused-ring (bicyclic) bond motifs is 1. The van der Waals surface area contributed by atoms with Gasteiger partial charge in [-0.05, 0) is 40.8 Å². The third kappa shape index (κ3) is 3.23. The van der Waals surface area contributed by atoms with Crippen molar-refractivity contribution in [1.82, 2.24) is 9.80 Å². The van der Waals surface area contributed by atoms with Crippen molar-refractivity contribution in [2.75, 3.05) is 19.6 Å². The highest BCUT2D eigenvalue weighted by atomic mass is 16.2. The van der Waals surface area contributed by atoms with Crippen LogP contribution in [0, 0.1) is 0 Å². The largest absolute Gasteiger partial charge is 0.335 e. The fourth-order valence-electron chi connectivity index (χ4n) is 4.30. The van der Waals surface area contributed by atoms with Crippen molar-refractivity contribution < 1.29 is 4.79 Å². The zero-order chi connectivity index (χ0) is 18.9. The molecule has 28 heavy (non-hydrogen) atoms. The molecular formula is C25H24N2O. The van der Waals surface area contributed by atoms with E-state index in [1.807, 2.05) is 47.4 Å². The molecule has 1 saturated heterocycles. The number of likely N-dealkylation sites (tertiary alicyclic amines) is 1. The highest BCUT2D eigenvalue weighted by molar-refractivity contribution is 5.95. The predicted molar refractivity (Wildman–Crippen MR) is 112 cm³/mol. The number of amides is 1. The Morgan fingerprint density at radius 3 is 2.14 bits per heavy atom. The molecule has 0 aromatic heterocycles. The Labute approximate surface area is 166 Å². The SMILES string of the molecule is O=C(c1ccc(-c2ccccc2)cc1)N1CC(N2CCc3ccccc3C2)C1. The summed E-state index contributed by atoms with van der Waals surface area (Å²) in [6.07, 6.45) is 1.11. The minimum Gasteiger partial charge on any atom is -0.335 e. The van der Waals surface area contributed by atoms with Gasteiger partial charge in [0.2, 0.25) is 0 Å². The monoisotopic (exact) mass is 368 g/mol. The summed E-state index contributed by atoms with van der Waals surface area (Å²) < 4.78 is 0. The molecule has 0 bridgehead atoms. The molecule has 0 radical (unpaired) electrons. The molecule has 0 atom stereocenters. The molecule has 140 valence electrons. The van der Waals surface area contributed by atoms with E-state index in [4.69, 9.17) is 0 Å². The summed E-state index contributed by atoms with van der Waals surface area (Å²) in [4.78, 5) is 17.3. The Bertz CT molecular complexity index is 975. The third-order valence-corrected chi connectivity index (χ3v) is 6.07. The summed E-state index contributed by atoms with van der Waals surface area (Å²) in [7, 11) is 0. The number of hydrogen-bond donors (Lipinski definition) is 0. The lowest BCUT2D eigenvalue weighted by atomic mass is 9.96. The fraction of sp³-hybridized carbons (Fsp3) is 0.240. The molecule has 3 heteroatoms. The predicted octanol–water partition coefficient (Wildman–Crippen LogP) is 4.24. The van der Waals surface area contributed by atoms with Crippen LogP contribution in [0.2, 0.25) is 0 Å². The maximum absolute atomic E-state index is 12.8. The van der Waals surface area contributed by atoms with Gasteiger partial charge in [-0.15, -0.1) is 0 Å². The van der Waals surface area contributed by atoms with E-state index in [1.54, 1.807) is 0 Å². The fourth-order valence-corrected chi connectivity index (χ4v) is 4.30. The van der Waals surface area contributed by atoms with Gasteiger partial charge in [0.1, 0.15) is 0 Å². The maximum Gasteiger partial charge on any atom is 0.253 e. The molecule has 3 aromatic rings. The minimum absolute atomic E-state index is 0.147. The van der Waals surface area contributed by atoms with Gasteiger partial charge in [-0.2, -0.15) is 0 Å². The molecule has 0 N–H and O–H groups in total. The molecule has 0 saturated carbocycles. The number of hydrogen-bond acceptors (Lipinski definition) is 2. The maximum atomic E-state index is 12.8. The Balaban J connectivity index is 1.20. The zero-order valence-electron chi connectivity index (χ0n) is 15.9. The van der Waals surface area contributed by atoms with Crippen molar-refractivity contribution in [3.8, 4) is 11.1 Å². The second-order valence-electron chi connectivity index (χ2n) is 7.80. The van der Waals surface area contributed by atoms with Crippen molar-refractivity contribution >= 4 is 5.91 Å². The van der Waals surface area contributed by atoms with Crippen LogP contribution in [0.1, 0.15) is 21.5 Å². The van der Waals surface area contributed by atoms with Crippen molar-refractivity contribution in [3.63, 3.8) is 0 Å². The number of nitrogens with zero attached hydrogens (tertiary/aromatic N) is 2. The van der Waals surface area contributed by atoms with E-state index in [0.717, 1.165) is 43.7 Å². The van der Waals surface area contributed by atoms with E-state index >= 15 is 0 Å². The Morgan fingerprint density at radius 2 is 1.39 bits per heavy atom. The molecule has 0 aliphatic carbocycles. The van der Waals surface area contributed by atoms with Crippen LogP contribution in [0.15, 0.2) is 78.9 Å². The molecule has 1 amide bonds. The number of carbonyl (C=O) groups is 1. The van der Waals surface area contributed by atoms with Crippen LogP contribution in [-0.4, -0.2) is 41.4 Å². The van der Waals surface area contributed by atoms with Crippen LogP contribution in [0.4, 0.5) is 0 Å². The number of carbonyl (C=O) groups excluding carboxylic acids is 1. The standard InChI is InChI=1S/C25H24N2O/c28-25(22-12-10-21(11-13-22)19-6-2-1-3-7-19)27-17-24(18-27)26-15-14-20-8-4-5-9-23(20)16-26/h1-13,24H,14-18H2. The third-order valence-electron chi connectivity index (χ3n) is 6.07. The highest BCUT2D eigenvalue weighted by Crippen LogP contribution is 2.26. The van der Waals surface area contributed by atoms with Crippen LogP contribution in [0.3, 0.4) is 0 Å². The molecule has 1 fully saturated rings. The summed E-state index contributed by atoms with van der Waals surface area (Å²) in [6, 6.07) is 27.5. The van der Waals surface area contributed by atoms with Gasteiger partial charge < -0.3 is 4.90 Å². The Hall–Kier alpha value is -2.91. The van der Waals surface area contributed by atoms with Crippen LogP contribution >= 0.6 is 0 Å². The molecule has 5 rings (SSSR count). The molecular weight excluding hydrogens is 344 g/mol. The van der Waals surface area contributed by atoms with Crippen LogP contribution < -0.4 is 0 Å². The first-order valence-electron chi connectivity index (χ1n) is 10.0. The van der Waals surface area contributed by atoms with E-state index in [1.165, 1.54) is 16.7 Å². The first-order chi connectivity index (χ1) is 13.8. The van der Waals surface area contributed by atoms with Gasteiger partial charge in [-0.3, -0.25) is 9.69 Å². The lowest BCUT2D eigenvalue weighted by Gasteiger charge is -2.47. The van der Waals surface area contributed by atoms with Gasteiger partial charge in [0, 0.05) is 37.8 Å². The second-order valence-corrected chi connectivity index (χ2v) is 7.80. The first kappa shape index (κ1) is 17.2. The summed E-state index contributed by atoms with van der Waals surface area (Å²) in [5, 5.41) is 0. The van der Waals surface area contributed by atoms with Gasteiger partial charge in [-0.1, -0.05) is 66.7 Å². The summed E-state index contributed by atoms with van der Waals surface area (Å²) in [6.45, 7) is 3.77. The van der Waals surface area contributed by atoms with E-state index in [-0.39, 0.29) is 5.91 Å². The summed E-state index contributed by atoms with van der Waals surface area (Å²) in [5.74, 6) is 0.147. The highest BCUT2D eigenvalue weighted by Gasteiger charge is 2.36. The lowest BCUT2D eigenvalue weighted by molar-refractivity contribution is 0.0218. The minimum atomic E-state index is 0.147. The molecule has 0 unspecified atom stereocenters. The van der Waals surface area contributed by atoms with E-state index in [0.29, 0.717) is 6.04 Å². The molecule has 2 heterocycles. The van der Waals surface area contributed by atoms with E-state index in [2.05, 4.69) is 41.3 Å². The molecule has 2 aliphatic heterocycles. The molecule has 3 aromatic carbocycles. The molecule has 0 spiro atoms. The average molecular weight is 368 g/mol. The quantitative estimate of drug-likeness (QED) is 0.690. The number of rotatable bonds is 3. The van der Waals surface area contributed by atoms with E-state index < -0.39 is 0 Å². The van der Waals surface area contributed by atoms with E-state index in [9.17, 15) is 4.79 Å².